The molecule has 3 aromatic rings. The van der Waals surface area contributed by atoms with Gasteiger partial charge in [-0.15, -0.1) is 0 Å². The van der Waals surface area contributed by atoms with E-state index in [0.717, 1.165) is 0 Å². The van der Waals surface area contributed by atoms with Gasteiger partial charge in [0, 0.05) is 17.3 Å². The number of hydrogen-bond donors (Lipinski definition) is 1. The Morgan fingerprint density at radius 3 is 2.20 bits per heavy atom. The molecule has 25 heavy (non-hydrogen) atoms. The average Bonchev–Trinajstić information content (AvgIpc) is 2.61. The smallest absolute Gasteiger partial charge is 0.211 e. The normalized spacial score (nSPS) is 11.5. The minimum Gasteiger partial charge on any atom is -0.493 e. The van der Waals surface area contributed by atoms with Crippen molar-refractivity contribution in [1.29, 1.82) is 0 Å². The molecule has 0 aliphatic rings. The van der Waals surface area contributed by atoms with Crippen LogP contribution in [0.2, 0.25) is 5.02 Å². The second kappa shape index (κ2) is 6.42. The number of hydrogen-bond acceptors (Lipinski definition) is 5. The first-order chi connectivity index (χ1) is 11.9. The van der Waals surface area contributed by atoms with Gasteiger partial charge in [-0.25, -0.2) is 8.42 Å². The van der Waals surface area contributed by atoms with E-state index in [2.05, 4.69) is 4.98 Å². The van der Waals surface area contributed by atoms with Crippen LogP contribution in [0.3, 0.4) is 0 Å². The molecule has 3 rings (SSSR count). The fraction of sp³-hybridized carbons (Fsp3) is 0.118. The Morgan fingerprint density at radius 2 is 1.60 bits per heavy atom. The molecule has 0 unspecified atom stereocenters. The molecule has 0 fully saturated rings. The van der Waals surface area contributed by atoms with Crippen molar-refractivity contribution in [1.82, 2.24) is 4.98 Å². The van der Waals surface area contributed by atoms with E-state index in [4.69, 9.17) is 21.1 Å². The molecule has 0 amide bonds. The molecule has 0 aliphatic carbocycles. The predicted molar refractivity (Wildman–Crippen MR) is 94.6 cm³/mol. The van der Waals surface area contributed by atoms with Gasteiger partial charge in [0.1, 0.15) is 4.90 Å². The van der Waals surface area contributed by atoms with Gasteiger partial charge in [0.15, 0.2) is 11.5 Å². The molecule has 0 saturated heterocycles. The largest absolute Gasteiger partial charge is 0.493 e. The number of aromatic nitrogens is 1. The van der Waals surface area contributed by atoms with Crippen molar-refractivity contribution in [3.8, 4) is 11.5 Å². The molecule has 0 radical (unpaired) electrons. The highest BCUT2D eigenvalue weighted by atomic mass is 35.5. The Labute approximate surface area is 148 Å². The summed E-state index contributed by atoms with van der Waals surface area (Å²) in [6.45, 7) is 0. The Balaban J connectivity index is 2.25. The van der Waals surface area contributed by atoms with Crippen molar-refractivity contribution in [2.75, 3.05) is 14.2 Å². The van der Waals surface area contributed by atoms with E-state index in [-0.39, 0.29) is 15.2 Å². The second-order valence-corrected chi connectivity index (χ2v) is 7.55. The SMILES string of the molecule is COc1cc2[nH]cc(S(=O)(=O)c3ccc(Cl)cc3)c(=O)c2cc1OC. The number of benzene rings is 2. The van der Waals surface area contributed by atoms with Crippen molar-refractivity contribution in [3.05, 3.63) is 57.8 Å². The van der Waals surface area contributed by atoms with Crippen LogP contribution in [0.25, 0.3) is 10.9 Å². The van der Waals surface area contributed by atoms with Gasteiger partial charge >= 0.3 is 0 Å². The Bertz CT molecular complexity index is 1100. The van der Waals surface area contributed by atoms with Crippen molar-refractivity contribution in [2.24, 2.45) is 0 Å². The number of fused-ring (bicyclic) bond motifs is 1. The fourth-order valence-electron chi connectivity index (χ4n) is 2.47. The lowest BCUT2D eigenvalue weighted by Crippen LogP contribution is -2.16. The summed E-state index contributed by atoms with van der Waals surface area (Å²) >= 11 is 5.79. The molecule has 1 heterocycles. The lowest BCUT2D eigenvalue weighted by Gasteiger charge is -2.10. The van der Waals surface area contributed by atoms with Gasteiger partial charge < -0.3 is 14.5 Å². The zero-order valence-corrected chi connectivity index (χ0v) is 14.9. The summed E-state index contributed by atoms with van der Waals surface area (Å²) in [6.07, 6.45) is 1.18. The van der Waals surface area contributed by atoms with Crippen LogP contribution < -0.4 is 14.9 Å². The average molecular weight is 380 g/mol. The number of halogens is 1. The first-order valence-electron chi connectivity index (χ1n) is 7.16. The molecule has 1 aromatic heterocycles. The maximum absolute atomic E-state index is 12.8. The monoisotopic (exact) mass is 379 g/mol. The topological polar surface area (TPSA) is 85.5 Å². The molecule has 2 aromatic carbocycles. The predicted octanol–water partition coefficient (Wildman–Crippen LogP) is 3.03. The van der Waals surface area contributed by atoms with Gasteiger partial charge in [0.2, 0.25) is 15.3 Å². The van der Waals surface area contributed by atoms with E-state index in [1.165, 1.54) is 50.7 Å². The summed E-state index contributed by atoms with van der Waals surface area (Å²) in [5.74, 6) is 0.764. The molecule has 1 N–H and O–H groups in total. The van der Waals surface area contributed by atoms with Crippen LogP contribution in [0.15, 0.2) is 57.2 Å². The third-order valence-electron chi connectivity index (χ3n) is 3.76. The number of sulfone groups is 1. The molecule has 8 heteroatoms. The first kappa shape index (κ1) is 17.3. The lowest BCUT2D eigenvalue weighted by molar-refractivity contribution is 0.355. The molecular weight excluding hydrogens is 366 g/mol. The summed E-state index contributed by atoms with van der Waals surface area (Å²) in [5.41, 5.74) is -0.178. The van der Waals surface area contributed by atoms with Crippen molar-refractivity contribution >= 4 is 32.3 Å². The van der Waals surface area contributed by atoms with Gasteiger partial charge in [-0.1, -0.05) is 11.6 Å². The minimum absolute atomic E-state index is 0.0118. The highest BCUT2D eigenvalue weighted by molar-refractivity contribution is 7.91. The first-order valence-corrected chi connectivity index (χ1v) is 9.02. The van der Waals surface area contributed by atoms with Crippen LogP contribution in [0.5, 0.6) is 11.5 Å². The zero-order valence-electron chi connectivity index (χ0n) is 13.4. The van der Waals surface area contributed by atoms with Crippen LogP contribution in [0.4, 0.5) is 0 Å². The Kier molecular flexibility index (Phi) is 4.45. The molecule has 130 valence electrons. The molecule has 0 aliphatic heterocycles. The van der Waals surface area contributed by atoms with E-state index in [0.29, 0.717) is 22.0 Å². The van der Waals surface area contributed by atoms with Crippen LogP contribution in [0, 0.1) is 0 Å². The Morgan fingerprint density at radius 1 is 1.00 bits per heavy atom. The summed E-state index contributed by atoms with van der Waals surface area (Å²) in [7, 11) is -1.08. The van der Waals surface area contributed by atoms with Crippen molar-refractivity contribution in [2.45, 2.75) is 9.79 Å². The summed E-state index contributed by atoms with van der Waals surface area (Å²) in [4.78, 5) is 15.2. The number of H-pyrrole nitrogens is 1. The van der Waals surface area contributed by atoms with Crippen LogP contribution in [-0.2, 0) is 9.84 Å². The standard InChI is InChI=1S/C17H14ClNO5S/c1-23-14-7-12-13(8-15(14)24-2)19-9-16(17(12)20)25(21,22)11-5-3-10(18)4-6-11/h3-9H,1-2H3,(H,19,20). The third kappa shape index (κ3) is 2.96. The van der Waals surface area contributed by atoms with Gasteiger partial charge in [-0.3, -0.25) is 4.79 Å². The van der Waals surface area contributed by atoms with Gasteiger partial charge in [-0.2, -0.15) is 0 Å². The molecular formula is C17H14ClNO5S. The summed E-state index contributed by atoms with van der Waals surface area (Å²) in [6, 6.07) is 8.66. The third-order valence-corrected chi connectivity index (χ3v) is 5.79. The summed E-state index contributed by atoms with van der Waals surface area (Å²) < 4.78 is 35.9. The number of methoxy groups -OCH3 is 2. The second-order valence-electron chi connectivity index (χ2n) is 5.19. The van der Waals surface area contributed by atoms with E-state index in [1.54, 1.807) is 6.07 Å². The van der Waals surface area contributed by atoms with E-state index in [9.17, 15) is 13.2 Å². The Hall–Kier alpha value is -2.51. The molecule has 6 nitrogen and oxygen atoms in total. The molecule has 0 atom stereocenters. The number of ether oxygens (including phenoxy) is 2. The molecule has 0 spiro atoms. The van der Waals surface area contributed by atoms with Crippen LogP contribution >= 0.6 is 11.6 Å². The number of rotatable bonds is 4. The van der Waals surface area contributed by atoms with Gasteiger partial charge in [0.25, 0.3) is 0 Å². The highest BCUT2D eigenvalue weighted by Crippen LogP contribution is 2.31. The van der Waals surface area contributed by atoms with Crippen LogP contribution in [-0.4, -0.2) is 27.6 Å². The van der Waals surface area contributed by atoms with Crippen molar-refractivity contribution < 1.29 is 17.9 Å². The van der Waals surface area contributed by atoms with Crippen molar-refractivity contribution in [3.63, 3.8) is 0 Å². The molecule has 0 bridgehead atoms. The summed E-state index contributed by atoms with van der Waals surface area (Å²) in [5, 5.41) is 0.593. The van der Waals surface area contributed by atoms with E-state index < -0.39 is 15.3 Å². The minimum atomic E-state index is -3.99. The zero-order chi connectivity index (χ0) is 18.2. The van der Waals surface area contributed by atoms with E-state index in [1.807, 2.05) is 0 Å². The maximum atomic E-state index is 12.8. The number of nitrogens with one attached hydrogen (secondary N) is 1. The number of pyridine rings is 1. The maximum Gasteiger partial charge on any atom is 0.211 e. The van der Waals surface area contributed by atoms with Gasteiger partial charge in [0.05, 0.1) is 30.0 Å². The molecule has 0 saturated carbocycles. The highest BCUT2D eigenvalue weighted by Gasteiger charge is 2.23. The lowest BCUT2D eigenvalue weighted by atomic mass is 10.2. The quantitative estimate of drug-likeness (QED) is 0.753. The van der Waals surface area contributed by atoms with Gasteiger partial charge in [-0.05, 0) is 30.3 Å². The fourth-order valence-corrected chi connectivity index (χ4v) is 3.91. The van der Waals surface area contributed by atoms with E-state index >= 15 is 0 Å². The number of aromatic amines is 1. The van der Waals surface area contributed by atoms with Crippen LogP contribution in [0.1, 0.15) is 0 Å².